The van der Waals surface area contributed by atoms with Gasteiger partial charge in [-0.05, 0) is 61.7 Å². The van der Waals surface area contributed by atoms with Gasteiger partial charge in [0.1, 0.15) is 11.3 Å². The molecular formula is C25H25F3N2O5. The molecule has 1 heterocycles. The number of alkyl halides is 3. The van der Waals surface area contributed by atoms with Crippen LogP contribution in [0.4, 0.5) is 18.9 Å². The maximum absolute atomic E-state index is 13.1. The molecule has 1 aliphatic carbocycles. The van der Waals surface area contributed by atoms with Gasteiger partial charge in [-0.25, -0.2) is 0 Å². The lowest BCUT2D eigenvalue weighted by atomic mass is 9.65. The van der Waals surface area contributed by atoms with E-state index in [0.29, 0.717) is 0 Å². The van der Waals surface area contributed by atoms with Crippen LogP contribution in [0, 0.1) is 5.92 Å². The zero-order valence-electron chi connectivity index (χ0n) is 18.9. The number of carbonyl (C=O) groups excluding carboxylic acids is 2. The van der Waals surface area contributed by atoms with Crippen molar-refractivity contribution in [2.24, 2.45) is 5.92 Å². The summed E-state index contributed by atoms with van der Waals surface area (Å²) in [4.78, 5) is 38.7. The first-order valence-electron chi connectivity index (χ1n) is 11.3. The molecule has 4 rings (SSSR count). The highest BCUT2D eigenvalue weighted by molar-refractivity contribution is 6.44. The molecule has 0 saturated heterocycles. The van der Waals surface area contributed by atoms with Crippen LogP contribution < -0.4 is 15.4 Å². The second kappa shape index (κ2) is 9.33. The van der Waals surface area contributed by atoms with Gasteiger partial charge in [-0.1, -0.05) is 24.6 Å². The van der Waals surface area contributed by atoms with Gasteiger partial charge in [0.2, 0.25) is 11.6 Å². The van der Waals surface area contributed by atoms with Crippen molar-refractivity contribution in [3.05, 3.63) is 59.7 Å². The number of ether oxygens (including phenoxy) is 1. The van der Waals surface area contributed by atoms with Crippen molar-refractivity contribution in [2.45, 2.75) is 49.5 Å². The fourth-order valence-electron chi connectivity index (χ4n) is 5.50. The second-order valence-electron chi connectivity index (χ2n) is 8.94. The van der Waals surface area contributed by atoms with Gasteiger partial charge in [-0.2, -0.15) is 0 Å². The molecule has 4 atom stereocenters. The SMILES string of the molecule is CNC(CC(=O)C(=O)c1ccc(OC(F)(F)F)cc1)(C(=O)O)C1c2ccccc2N[C@@H]2CCC[C@H]12. The Morgan fingerprint density at radius 3 is 2.40 bits per heavy atom. The molecule has 1 fully saturated rings. The summed E-state index contributed by atoms with van der Waals surface area (Å²) in [5, 5.41) is 16.7. The number of nitrogens with one attached hydrogen (secondary N) is 2. The third-order valence-electron chi connectivity index (χ3n) is 7.04. The summed E-state index contributed by atoms with van der Waals surface area (Å²) in [6.45, 7) is 0. The van der Waals surface area contributed by atoms with Crippen molar-refractivity contribution in [1.82, 2.24) is 5.32 Å². The van der Waals surface area contributed by atoms with Crippen LogP contribution in [0.1, 0.15) is 47.5 Å². The van der Waals surface area contributed by atoms with Gasteiger partial charge in [0.05, 0.1) is 0 Å². The molecule has 3 N–H and O–H groups in total. The standard InChI is InChI=1S/C25H25F3N2O5/c1-29-24(23(33)34,21-16-5-2-3-7-18(16)30-19-8-4-6-17(19)21)13-20(31)22(32)14-9-11-15(12-10-14)35-25(26,27)28/h2-3,5,7,9-12,17,19,21,29-30H,4,6,8,13H2,1H3,(H,33,34)/t17-,19+,21?,24?/m0/s1. The largest absolute Gasteiger partial charge is 0.573 e. The lowest BCUT2D eigenvalue weighted by molar-refractivity contribution is -0.274. The molecule has 0 spiro atoms. The van der Waals surface area contributed by atoms with E-state index >= 15 is 0 Å². The third-order valence-corrected chi connectivity index (χ3v) is 7.04. The number of hydrogen-bond donors (Lipinski definition) is 3. The summed E-state index contributed by atoms with van der Waals surface area (Å²) in [6.07, 6.45) is -2.95. The molecule has 7 nitrogen and oxygen atoms in total. The summed E-state index contributed by atoms with van der Waals surface area (Å²) >= 11 is 0. The highest BCUT2D eigenvalue weighted by Crippen LogP contribution is 2.51. The van der Waals surface area contributed by atoms with Crippen molar-refractivity contribution < 1.29 is 37.4 Å². The van der Waals surface area contributed by atoms with Crippen molar-refractivity contribution >= 4 is 23.2 Å². The lowest BCUT2D eigenvalue weighted by Crippen LogP contribution is -2.60. The van der Waals surface area contributed by atoms with Crippen molar-refractivity contribution in [3.8, 4) is 5.75 Å². The zero-order chi connectivity index (χ0) is 25.4. The molecule has 2 aromatic rings. The normalized spacial score (nSPS) is 22.8. The summed E-state index contributed by atoms with van der Waals surface area (Å²) in [5.74, 6) is -4.34. The molecule has 2 aromatic carbocycles. The number of fused-ring (bicyclic) bond motifs is 2. The summed E-state index contributed by atoms with van der Waals surface area (Å²) in [6, 6.07) is 11.4. The highest BCUT2D eigenvalue weighted by atomic mass is 19.4. The number of rotatable bonds is 8. The third kappa shape index (κ3) is 4.75. The first-order valence-corrected chi connectivity index (χ1v) is 11.3. The van der Waals surface area contributed by atoms with Gasteiger partial charge < -0.3 is 20.5 Å². The number of aliphatic carboxylic acids is 1. The number of hydrogen-bond acceptors (Lipinski definition) is 6. The average molecular weight is 490 g/mol. The van der Waals surface area contributed by atoms with Gasteiger partial charge in [-0.3, -0.25) is 14.4 Å². The summed E-state index contributed by atoms with van der Waals surface area (Å²) in [5.41, 5.74) is -0.330. The Morgan fingerprint density at radius 1 is 1.09 bits per heavy atom. The quantitative estimate of drug-likeness (QED) is 0.377. The van der Waals surface area contributed by atoms with E-state index in [9.17, 15) is 32.7 Å². The Balaban J connectivity index is 1.65. The van der Waals surface area contributed by atoms with E-state index in [0.717, 1.165) is 54.8 Å². The Kier molecular flexibility index (Phi) is 6.59. The molecule has 35 heavy (non-hydrogen) atoms. The van der Waals surface area contributed by atoms with Crippen LogP contribution in [0.15, 0.2) is 48.5 Å². The van der Waals surface area contributed by atoms with Gasteiger partial charge in [0, 0.05) is 29.6 Å². The number of para-hydroxylation sites is 1. The molecule has 0 bridgehead atoms. The Hall–Kier alpha value is -3.40. The molecule has 10 heteroatoms. The van der Waals surface area contributed by atoms with Crippen molar-refractivity contribution in [1.29, 1.82) is 0 Å². The minimum Gasteiger partial charge on any atom is -0.480 e. The van der Waals surface area contributed by atoms with Gasteiger partial charge in [-0.15, -0.1) is 13.2 Å². The van der Waals surface area contributed by atoms with Gasteiger partial charge in [0.15, 0.2) is 0 Å². The predicted molar refractivity (Wildman–Crippen MR) is 120 cm³/mol. The monoisotopic (exact) mass is 490 g/mol. The van der Waals surface area contributed by atoms with E-state index < -0.39 is 47.5 Å². The first-order chi connectivity index (χ1) is 16.6. The van der Waals surface area contributed by atoms with Crippen LogP contribution in [0.2, 0.25) is 0 Å². The smallest absolute Gasteiger partial charge is 0.480 e. The molecule has 0 aromatic heterocycles. The van der Waals surface area contributed by atoms with Gasteiger partial charge >= 0.3 is 12.3 Å². The zero-order valence-corrected chi connectivity index (χ0v) is 18.9. The number of anilines is 1. The second-order valence-corrected chi connectivity index (χ2v) is 8.94. The van der Waals surface area contributed by atoms with E-state index in [1.54, 1.807) is 0 Å². The number of benzene rings is 2. The number of ketones is 2. The van der Waals surface area contributed by atoms with Crippen molar-refractivity contribution in [2.75, 3.05) is 12.4 Å². The van der Waals surface area contributed by atoms with Crippen LogP contribution >= 0.6 is 0 Å². The molecule has 2 aliphatic rings. The van der Waals surface area contributed by atoms with E-state index in [1.807, 2.05) is 24.3 Å². The van der Waals surface area contributed by atoms with E-state index in [-0.39, 0.29) is 17.5 Å². The maximum atomic E-state index is 13.1. The molecule has 0 amide bonds. The van der Waals surface area contributed by atoms with Gasteiger partial charge in [0.25, 0.3) is 0 Å². The Labute approximate surface area is 199 Å². The number of Topliss-reactive ketones (excluding diaryl/α,β-unsaturated/α-hetero) is 2. The molecule has 1 aliphatic heterocycles. The fourth-order valence-corrected chi connectivity index (χ4v) is 5.50. The Bertz CT molecular complexity index is 1130. The molecule has 186 valence electrons. The van der Waals surface area contributed by atoms with Crippen LogP contribution in [-0.2, 0) is 9.59 Å². The number of halogens is 3. The average Bonchev–Trinajstić information content (AvgIpc) is 3.28. The minimum atomic E-state index is -4.89. The number of carbonyl (C=O) groups is 3. The van der Waals surface area contributed by atoms with E-state index in [2.05, 4.69) is 15.4 Å². The van der Waals surface area contributed by atoms with Crippen LogP contribution in [0.25, 0.3) is 0 Å². The molecule has 1 saturated carbocycles. The highest BCUT2D eigenvalue weighted by Gasteiger charge is 2.55. The Morgan fingerprint density at radius 2 is 1.77 bits per heavy atom. The van der Waals surface area contributed by atoms with Crippen molar-refractivity contribution in [3.63, 3.8) is 0 Å². The van der Waals surface area contributed by atoms with E-state index in [4.69, 9.17) is 0 Å². The molecule has 0 radical (unpaired) electrons. The fraction of sp³-hybridized carbons (Fsp3) is 0.400. The molecule has 2 unspecified atom stereocenters. The minimum absolute atomic E-state index is 0.0500. The van der Waals surface area contributed by atoms with Crippen LogP contribution in [0.5, 0.6) is 5.75 Å². The number of carboxylic acid groups (broad SMARTS) is 1. The first kappa shape index (κ1) is 24.7. The lowest BCUT2D eigenvalue weighted by Gasteiger charge is -2.46. The number of carboxylic acids is 1. The number of likely N-dealkylation sites (N-methyl/N-ethyl adjacent to an activating group) is 1. The van der Waals surface area contributed by atoms with Crippen LogP contribution in [-0.4, -0.2) is 47.6 Å². The molecular weight excluding hydrogens is 465 g/mol. The summed E-state index contributed by atoms with van der Waals surface area (Å²) < 4.78 is 41.0. The predicted octanol–water partition coefficient (Wildman–Crippen LogP) is 4.15. The van der Waals surface area contributed by atoms with Crippen LogP contribution in [0.3, 0.4) is 0 Å². The maximum Gasteiger partial charge on any atom is 0.573 e. The van der Waals surface area contributed by atoms with E-state index in [1.165, 1.54) is 7.05 Å². The topological polar surface area (TPSA) is 105 Å². The summed E-state index contributed by atoms with van der Waals surface area (Å²) in [7, 11) is 1.46.